The Morgan fingerprint density at radius 1 is 1.00 bits per heavy atom. The molecule has 0 heterocycles. The van der Waals surface area contributed by atoms with Gasteiger partial charge in [-0.25, -0.2) is 4.79 Å². The highest BCUT2D eigenvalue weighted by molar-refractivity contribution is 6.33. The van der Waals surface area contributed by atoms with Crippen LogP contribution in [-0.2, 0) is 4.79 Å². The van der Waals surface area contributed by atoms with E-state index in [4.69, 9.17) is 16.7 Å². The van der Waals surface area contributed by atoms with Crippen LogP contribution in [0.2, 0.25) is 5.02 Å². The zero-order chi connectivity index (χ0) is 21.8. The molecule has 3 rings (SSSR count). The van der Waals surface area contributed by atoms with Crippen molar-refractivity contribution in [3.8, 4) is 11.1 Å². The van der Waals surface area contributed by atoms with E-state index in [9.17, 15) is 19.5 Å². The smallest absolute Gasteiger partial charge is 0.335 e. The maximum absolute atomic E-state index is 13.3. The normalized spacial score (nSPS) is 18.6. The molecule has 1 aliphatic carbocycles. The average molecular weight is 430 g/mol. The van der Waals surface area contributed by atoms with Crippen molar-refractivity contribution in [1.82, 2.24) is 4.90 Å². The van der Waals surface area contributed by atoms with Gasteiger partial charge >= 0.3 is 11.9 Å². The molecule has 2 atom stereocenters. The molecule has 30 heavy (non-hydrogen) atoms. The molecule has 7 heteroatoms. The molecule has 1 aliphatic rings. The summed E-state index contributed by atoms with van der Waals surface area (Å²) >= 11 is 6.35. The first-order valence-corrected chi connectivity index (χ1v) is 10.4. The molecule has 1 amide bonds. The molecule has 0 aromatic heterocycles. The lowest BCUT2D eigenvalue weighted by Crippen LogP contribution is -2.48. The summed E-state index contributed by atoms with van der Waals surface area (Å²) in [6.07, 6.45) is 3.01. The van der Waals surface area contributed by atoms with E-state index in [-0.39, 0.29) is 17.5 Å². The van der Waals surface area contributed by atoms with Gasteiger partial charge in [0.2, 0.25) is 0 Å². The number of carboxylic acids is 2. The Morgan fingerprint density at radius 2 is 1.63 bits per heavy atom. The fraction of sp³-hybridized carbons (Fsp3) is 0.348. The number of hydrogen-bond donors (Lipinski definition) is 2. The molecule has 0 saturated heterocycles. The number of halogens is 1. The number of carbonyl (C=O) groups excluding carboxylic acids is 1. The first-order valence-electron chi connectivity index (χ1n) is 10.0. The lowest BCUT2D eigenvalue weighted by Gasteiger charge is -2.37. The van der Waals surface area contributed by atoms with Crippen molar-refractivity contribution in [2.75, 3.05) is 6.54 Å². The highest BCUT2D eigenvalue weighted by atomic mass is 35.5. The molecule has 1 saturated carbocycles. The number of carboxylic acid groups (broad SMARTS) is 2. The number of aliphatic carboxylic acids is 1. The quantitative estimate of drug-likeness (QED) is 0.687. The van der Waals surface area contributed by atoms with Crippen molar-refractivity contribution in [1.29, 1.82) is 0 Å². The van der Waals surface area contributed by atoms with E-state index in [2.05, 4.69) is 0 Å². The first kappa shape index (κ1) is 21.8. The molecular formula is C23H24ClNO5. The van der Waals surface area contributed by atoms with E-state index >= 15 is 0 Å². The summed E-state index contributed by atoms with van der Waals surface area (Å²) in [4.78, 5) is 37.7. The van der Waals surface area contributed by atoms with Crippen LogP contribution in [0.3, 0.4) is 0 Å². The summed E-state index contributed by atoms with van der Waals surface area (Å²) in [6, 6.07) is 10.9. The van der Waals surface area contributed by atoms with E-state index in [1.165, 1.54) is 12.1 Å². The number of hydrogen-bond acceptors (Lipinski definition) is 3. The van der Waals surface area contributed by atoms with Crippen molar-refractivity contribution >= 4 is 29.4 Å². The zero-order valence-corrected chi connectivity index (χ0v) is 17.4. The molecule has 1 fully saturated rings. The third-order valence-electron chi connectivity index (χ3n) is 5.70. The van der Waals surface area contributed by atoms with Gasteiger partial charge in [0.15, 0.2) is 0 Å². The Morgan fingerprint density at radius 3 is 2.23 bits per heavy atom. The zero-order valence-electron chi connectivity index (χ0n) is 16.7. The van der Waals surface area contributed by atoms with Crippen molar-refractivity contribution in [3.05, 3.63) is 58.6 Å². The van der Waals surface area contributed by atoms with E-state index in [0.717, 1.165) is 12.8 Å². The van der Waals surface area contributed by atoms with Crippen LogP contribution >= 0.6 is 11.6 Å². The molecule has 2 aromatic carbocycles. The standard InChI is InChI=1S/C23H24ClNO5/c1-2-25(20-6-4-3-5-17(20)23(29)30)21(26)16-11-12-19(24)18(13-16)14-7-9-15(10-8-14)22(27)28/h7-13,17,20H,2-6H2,1H3,(H,27,28)(H,29,30). The van der Waals surface area contributed by atoms with Crippen LogP contribution in [0.25, 0.3) is 11.1 Å². The number of amides is 1. The summed E-state index contributed by atoms with van der Waals surface area (Å²) in [6.45, 7) is 2.27. The SMILES string of the molecule is CCN(C(=O)c1ccc(Cl)c(-c2ccc(C(=O)O)cc2)c1)C1CCCCC1C(=O)O. The Kier molecular flexibility index (Phi) is 6.77. The van der Waals surface area contributed by atoms with Gasteiger partial charge in [0.1, 0.15) is 0 Å². The summed E-state index contributed by atoms with van der Waals surface area (Å²) in [7, 11) is 0. The van der Waals surface area contributed by atoms with Crippen LogP contribution in [0.5, 0.6) is 0 Å². The first-order chi connectivity index (χ1) is 14.3. The molecule has 2 aromatic rings. The summed E-state index contributed by atoms with van der Waals surface area (Å²) < 4.78 is 0. The van der Waals surface area contributed by atoms with Crippen LogP contribution in [-0.4, -0.2) is 45.5 Å². The van der Waals surface area contributed by atoms with Gasteiger partial charge < -0.3 is 15.1 Å². The summed E-state index contributed by atoms with van der Waals surface area (Å²) in [5.74, 6) is -2.66. The largest absolute Gasteiger partial charge is 0.481 e. The third-order valence-corrected chi connectivity index (χ3v) is 6.03. The Bertz CT molecular complexity index is 957. The molecule has 6 nitrogen and oxygen atoms in total. The fourth-order valence-corrected chi connectivity index (χ4v) is 4.37. The Hall–Kier alpha value is -2.86. The molecule has 0 radical (unpaired) electrons. The molecule has 158 valence electrons. The van der Waals surface area contributed by atoms with Gasteiger partial charge in [-0.2, -0.15) is 0 Å². The van der Waals surface area contributed by atoms with Crippen molar-refractivity contribution in [2.45, 2.75) is 38.6 Å². The molecule has 0 spiro atoms. The maximum Gasteiger partial charge on any atom is 0.335 e. The van der Waals surface area contributed by atoms with Gasteiger partial charge in [-0.05, 0) is 55.7 Å². The molecule has 0 bridgehead atoms. The topological polar surface area (TPSA) is 94.9 Å². The minimum Gasteiger partial charge on any atom is -0.481 e. The molecular weight excluding hydrogens is 406 g/mol. The van der Waals surface area contributed by atoms with Crippen LogP contribution in [0.1, 0.15) is 53.3 Å². The van der Waals surface area contributed by atoms with Crippen LogP contribution in [0.4, 0.5) is 0 Å². The third kappa shape index (κ3) is 4.49. The maximum atomic E-state index is 13.3. The number of benzene rings is 2. The second-order valence-electron chi connectivity index (χ2n) is 7.46. The number of nitrogens with zero attached hydrogens (tertiary/aromatic N) is 1. The molecule has 0 aliphatic heterocycles. The minimum absolute atomic E-state index is 0.163. The lowest BCUT2D eigenvalue weighted by molar-refractivity contribution is -0.145. The van der Waals surface area contributed by atoms with Crippen molar-refractivity contribution in [3.63, 3.8) is 0 Å². The number of aromatic carboxylic acids is 1. The van der Waals surface area contributed by atoms with Gasteiger partial charge in [-0.15, -0.1) is 0 Å². The van der Waals surface area contributed by atoms with Crippen molar-refractivity contribution in [2.24, 2.45) is 5.92 Å². The Labute approximate surface area is 180 Å². The molecule has 2 unspecified atom stereocenters. The fourth-order valence-electron chi connectivity index (χ4n) is 4.14. The van der Waals surface area contributed by atoms with Crippen LogP contribution < -0.4 is 0 Å². The highest BCUT2D eigenvalue weighted by Gasteiger charge is 2.36. The Balaban J connectivity index is 1.92. The molecule has 2 N–H and O–H groups in total. The van der Waals surface area contributed by atoms with E-state index in [1.54, 1.807) is 35.2 Å². The monoisotopic (exact) mass is 429 g/mol. The second-order valence-corrected chi connectivity index (χ2v) is 7.87. The highest BCUT2D eigenvalue weighted by Crippen LogP contribution is 2.32. The number of rotatable bonds is 6. The van der Waals surface area contributed by atoms with E-state index in [0.29, 0.717) is 41.1 Å². The minimum atomic E-state index is -1.02. The average Bonchev–Trinajstić information content (AvgIpc) is 2.75. The van der Waals surface area contributed by atoms with E-state index in [1.807, 2.05) is 6.92 Å². The van der Waals surface area contributed by atoms with Crippen LogP contribution in [0, 0.1) is 5.92 Å². The second kappa shape index (κ2) is 9.30. The van der Waals surface area contributed by atoms with Gasteiger partial charge in [0.25, 0.3) is 5.91 Å². The van der Waals surface area contributed by atoms with Crippen LogP contribution in [0.15, 0.2) is 42.5 Å². The van der Waals surface area contributed by atoms with Gasteiger partial charge in [-0.3, -0.25) is 9.59 Å². The van der Waals surface area contributed by atoms with E-state index < -0.39 is 17.9 Å². The van der Waals surface area contributed by atoms with Gasteiger partial charge in [0, 0.05) is 28.7 Å². The lowest BCUT2D eigenvalue weighted by atomic mass is 9.83. The number of carbonyl (C=O) groups is 3. The predicted octanol–water partition coefficient (Wildman–Crippen LogP) is 4.81. The summed E-state index contributed by atoms with van der Waals surface area (Å²) in [5, 5.41) is 19.1. The van der Waals surface area contributed by atoms with Gasteiger partial charge in [0.05, 0.1) is 11.5 Å². The van der Waals surface area contributed by atoms with Gasteiger partial charge in [-0.1, -0.05) is 36.6 Å². The summed E-state index contributed by atoms with van der Waals surface area (Å²) in [5.41, 5.74) is 1.90. The van der Waals surface area contributed by atoms with Crippen molar-refractivity contribution < 1.29 is 24.6 Å². The predicted molar refractivity (Wildman–Crippen MR) is 114 cm³/mol.